The minimum Gasteiger partial charge on any atom is -0.355 e. The van der Waals surface area contributed by atoms with E-state index in [-0.39, 0.29) is 5.91 Å². The lowest BCUT2D eigenvalue weighted by molar-refractivity contribution is -0.122. The van der Waals surface area contributed by atoms with Crippen molar-refractivity contribution in [2.24, 2.45) is 5.92 Å². The monoisotopic (exact) mass is 368 g/mol. The number of hydrogen-bond acceptors (Lipinski definition) is 3. The molecule has 0 bridgehead atoms. The van der Waals surface area contributed by atoms with Crippen molar-refractivity contribution in [1.82, 2.24) is 20.0 Å². The second-order valence-electron chi connectivity index (χ2n) is 7.72. The largest absolute Gasteiger partial charge is 0.355 e. The van der Waals surface area contributed by atoms with Crippen molar-refractivity contribution in [3.63, 3.8) is 0 Å². The summed E-state index contributed by atoms with van der Waals surface area (Å²) in [6, 6.07) is 10.8. The molecule has 0 atom stereocenters. The van der Waals surface area contributed by atoms with E-state index in [0.717, 1.165) is 32.0 Å². The molecule has 0 saturated carbocycles. The molecule has 1 aromatic carbocycles. The maximum absolute atomic E-state index is 12.1. The number of nitrogens with one attached hydrogen (secondary N) is 1. The summed E-state index contributed by atoms with van der Waals surface area (Å²) in [5, 5.41) is 7.20. The Labute approximate surface area is 162 Å². The molecule has 1 saturated heterocycles. The highest BCUT2D eigenvalue weighted by molar-refractivity contribution is 5.77. The second-order valence-corrected chi connectivity index (χ2v) is 7.72. The molecule has 2 aromatic rings. The van der Waals surface area contributed by atoms with Crippen LogP contribution in [0.5, 0.6) is 0 Å². The summed E-state index contributed by atoms with van der Waals surface area (Å²) in [5.41, 5.74) is 2.77. The van der Waals surface area contributed by atoms with Crippen LogP contribution in [0.15, 0.2) is 42.7 Å². The third-order valence-corrected chi connectivity index (χ3v) is 5.48. The minimum absolute atomic E-state index is 0.147. The molecule has 1 aromatic heterocycles. The molecule has 0 aliphatic carbocycles. The number of carbonyl (C=O) groups excluding carboxylic acids is 1. The van der Waals surface area contributed by atoms with Gasteiger partial charge in [-0.25, -0.2) is 0 Å². The first-order chi connectivity index (χ1) is 13.2. The Kier molecular flexibility index (Phi) is 7.45. The lowest BCUT2D eigenvalue weighted by Gasteiger charge is -2.31. The average molecular weight is 369 g/mol. The standard InChI is InChI=1S/C22H32N4O/c1-19-4-6-20(7-5-19)8-9-21-10-16-25(17-11-21)18-22(27)23-12-2-14-26-15-3-13-24-26/h3-7,13,15,21H,2,8-12,14,16-18H2,1H3,(H,23,27). The van der Waals surface area contributed by atoms with Gasteiger partial charge in [-0.05, 0) is 69.7 Å². The predicted molar refractivity (Wildman–Crippen MR) is 109 cm³/mol. The molecule has 1 N–H and O–H groups in total. The second kappa shape index (κ2) is 10.3. The lowest BCUT2D eigenvalue weighted by atomic mass is 9.90. The fourth-order valence-electron chi connectivity index (χ4n) is 3.72. The summed E-state index contributed by atoms with van der Waals surface area (Å²) in [7, 11) is 0. The van der Waals surface area contributed by atoms with Gasteiger partial charge >= 0.3 is 0 Å². The number of aryl methyl sites for hydroxylation is 3. The van der Waals surface area contributed by atoms with Gasteiger partial charge in [0.05, 0.1) is 6.54 Å². The van der Waals surface area contributed by atoms with Gasteiger partial charge in [0.1, 0.15) is 0 Å². The molecule has 2 heterocycles. The van der Waals surface area contributed by atoms with E-state index in [1.54, 1.807) is 6.20 Å². The van der Waals surface area contributed by atoms with E-state index in [1.165, 1.54) is 36.8 Å². The highest BCUT2D eigenvalue weighted by atomic mass is 16.2. The highest BCUT2D eigenvalue weighted by Gasteiger charge is 2.20. The Bertz CT molecular complexity index is 673. The van der Waals surface area contributed by atoms with E-state index in [9.17, 15) is 4.79 Å². The van der Waals surface area contributed by atoms with Crippen LogP contribution in [-0.2, 0) is 17.8 Å². The van der Waals surface area contributed by atoms with Crippen LogP contribution in [0.4, 0.5) is 0 Å². The van der Waals surface area contributed by atoms with Crippen molar-refractivity contribution in [2.45, 2.75) is 45.6 Å². The van der Waals surface area contributed by atoms with Gasteiger partial charge in [0.2, 0.25) is 5.91 Å². The SMILES string of the molecule is Cc1ccc(CCC2CCN(CC(=O)NCCCn3cccn3)CC2)cc1. The van der Waals surface area contributed by atoms with Gasteiger partial charge in [0, 0.05) is 25.5 Å². The molecule has 1 aliphatic rings. The zero-order valence-electron chi connectivity index (χ0n) is 16.4. The molecule has 1 fully saturated rings. The summed E-state index contributed by atoms with van der Waals surface area (Å²) >= 11 is 0. The molecular weight excluding hydrogens is 336 g/mol. The molecule has 1 amide bonds. The topological polar surface area (TPSA) is 50.2 Å². The number of likely N-dealkylation sites (tertiary alicyclic amines) is 1. The summed E-state index contributed by atoms with van der Waals surface area (Å²) in [5.74, 6) is 0.938. The summed E-state index contributed by atoms with van der Waals surface area (Å²) in [6.07, 6.45) is 9.48. The van der Waals surface area contributed by atoms with E-state index in [4.69, 9.17) is 0 Å². The summed E-state index contributed by atoms with van der Waals surface area (Å²) in [4.78, 5) is 14.4. The lowest BCUT2D eigenvalue weighted by Crippen LogP contribution is -2.41. The van der Waals surface area contributed by atoms with Crippen molar-refractivity contribution >= 4 is 5.91 Å². The Morgan fingerprint density at radius 2 is 2.00 bits per heavy atom. The number of benzene rings is 1. The third-order valence-electron chi connectivity index (χ3n) is 5.48. The quantitative estimate of drug-likeness (QED) is 0.692. The normalized spacial score (nSPS) is 15.7. The van der Waals surface area contributed by atoms with Gasteiger partial charge in [-0.15, -0.1) is 0 Å². The zero-order valence-corrected chi connectivity index (χ0v) is 16.4. The van der Waals surface area contributed by atoms with Gasteiger partial charge in [-0.2, -0.15) is 5.10 Å². The summed E-state index contributed by atoms with van der Waals surface area (Å²) in [6.45, 7) is 6.31. The van der Waals surface area contributed by atoms with Crippen LogP contribution in [0.1, 0.15) is 36.8 Å². The van der Waals surface area contributed by atoms with Gasteiger partial charge in [-0.3, -0.25) is 14.4 Å². The van der Waals surface area contributed by atoms with Crippen molar-refractivity contribution in [3.05, 3.63) is 53.9 Å². The molecule has 0 spiro atoms. The first kappa shape index (κ1) is 19.6. The van der Waals surface area contributed by atoms with Gasteiger partial charge in [0.15, 0.2) is 0 Å². The van der Waals surface area contributed by atoms with E-state index < -0.39 is 0 Å². The first-order valence-corrected chi connectivity index (χ1v) is 10.2. The van der Waals surface area contributed by atoms with E-state index in [1.807, 2.05) is 16.9 Å². The van der Waals surface area contributed by atoms with Gasteiger partial charge in [0.25, 0.3) is 0 Å². The zero-order chi connectivity index (χ0) is 18.9. The fourth-order valence-corrected chi connectivity index (χ4v) is 3.72. The maximum Gasteiger partial charge on any atom is 0.234 e. The average Bonchev–Trinajstić information content (AvgIpc) is 3.19. The number of hydrogen-bond donors (Lipinski definition) is 1. The molecule has 0 unspecified atom stereocenters. The predicted octanol–water partition coefficient (Wildman–Crippen LogP) is 3.04. The van der Waals surface area contributed by atoms with Crippen molar-refractivity contribution < 1.29 is 4.79 Å². The van der Waals surface area contributed by atoms with E-state index in [0.29, 0.717) is 13.1 Å². The molecule has 5 nitrogen and oxygen atoms in total. The Balaban J connectivity index is 1.26. The van der Waals surface area contributed by atoms with Crippen molar-refractivity contribution in [2.75, 3.05) is 26.2 Å². The number of piperidine rings is 1. The smallest absolute Gasteiger partial charge is 0.234 e. The molecule has 146 valence electrons. The van der Waals surface area contributed by atoms with Crippen molar-refractivity contribution in [3.8, 4) is 0 Å². The fraction of sp³-hybridized carbons (Fsp3) is 0.545. The molecule has 0 radical (unpaired) electrons. The van der Waals surface area contributed by atoms with Crippen LogP contribution in [0.2, 0.25) is 0 Å². The van der Waals surface area contributed by atoms with E-state index in [2.05, 4.69) is 46.5 Å². The van der Waals surface area contributed by atoms with Crippen LogP contribution in [0.25, 0.3) is 0 Å². The number of nitrogens with zero attached hydrogens (tertiary/aromatic N) is 3. The Hall–Kier alpha value is -2.14. The van der Waals surface area contributed by atoms with Gasteiger partial charge in [-0.1, -0.05) is 29.8 Å². The minimum atomic E-state index is 0.147. The van der Waals surface area contributed by atoms with Crippen LogP contribution in [0, 0.1) is 12.8 Å². The van der Waals surface area contributed by atoms with Crippen LogP contribution < -0.4 is 5.32 Å². The third kappa shape index (κ3) is 6.83. The van der Waals surface area contributed by atoms with E-state index >= 15 is 0 Å². The van der Waals surface area contributed by atoms with Crippen LogP contribution in [0.3, 0.4) is 0 Å². The number of rotatable bonds is 9. The Morgan fingerprint density at radius 1 is 1.22 bits per heavy atom. The Morgan fingerprint density at radius 3 is 2.70 bits per heavy atom. The number of aromatic nitrogens is 2. The molecule has 27 heavy (non-hydrogen) atoms. The molecule has 1 aliphatic heterocycles. The summed E-state index contributed by atoms with van der Waals surface area (Å²) < 4.78 is 1.90. The molecule has 3 rings (SSSR count). The van der Waals surface area contributed by atoms with Crippen LogP contribution in [-0.4, -0.2) is 46.8 Å². The highest BCUT2D eigenvalue weighted by Crippen LogP contribution is 2.22. The van der Waals surface area contributed by atoms with Crippen molar-refractivity contribution in [1.29, 1.82) is 0 Å². The maximum atomic E-state index is 12.1. The number of carbonyl (C=O) groups is 1. The van der Waals surface area contributed by atoms with Crippen LogP contribution >= 0.6 is 0 Å². The first-order valence-electron chi connectivity index (χ1n) is 10.2. The number of amides is 1. The molecular formula is C22H32N4O. The molecule has 5 heteroatoms. The van der Waals surface area contributed by atoms with Gasteiger partial charge < -0.3 is 5.32 Å².